The average Bonchev–Trinajstić information content (AvgIpc) is 2.93. The first-order valence-electron chi connectivity index (χ1n) is 6.45. The molecule has 0 radical (unpaired) electrons. The molecule has 3 rings (SSSR count). The lowest BCUT2D eigenvalue weighted by molar-refractivity contribution is 0.621. The number of aromatic amines is 1. The molecular formula is C14H14FN3O. The van der Waals surface area contributed by atoms with Gasteiger partial charge in [0.05, 0.1) is 11.9 Å². The van der Waals surface area contributed by atoms with Crippen LogP contribution in [0.1, 0.15) is 37.3 Å². The molecule has 5 heteroatoms. The van der Waals surface area contributed by atoms with E-state index in [4.69, 9.17) is 0 Å². The third kappa shape index (κ3) is 2.54. The van der Waals surface area contributed by atoms with Gasteiger partial charge in [-0.15, -0.1) is 0 Å². The highest BCUT2D eigenvalue weighted by molar-refractivity contribution is 5.48. The quantitative estimate of drug-likeness (QED) is 0.901. The smallest absolute Gasteiger partial charge is 0.251 e. The fourth-order valence-electron chi connectivity index (χ4n) is 2.54. The van der Waals surface area contributed by atoms with Crippen LogP contribution in [0.5, 0.6) is 0 Å². The van der Waals surface area contributed by atoms with Gasteiger partial charge in [0.1, 0.15) is 11.5 Å². The molecule has 2 aromatic heterocycles. The molecule has 1 aliphatic carbocycles. The van der Waals surface area contributed by atoms with Crippen LogP contribution in [0.15, 0.2) is 29.2 Å². The number of hydrogen-bond donors (Lipinski definition) is 1. The standard InChI is InChI=1S/C14H14FN3O/c15-10-5-6-11(16-8-10)14-17-12(7-13(19)18-14)9-3-1-2-4-9/h5-9H,1-4H2,(H,17,18,19). The molecule has 19 heavy (non-hydrogen) atoms. The van der Waals surface area contributed by atoms with Crippen LogP contribution in [-0.2, 0) is 0 Å². The van der Waals surface area contributed by atoms with Crippen LogP contribution < -0.4 is 5.56 Å². The lowest BCUT2D eigenvalue weighted by Crippen LogP contribution is -2.12. The summed E-state index contributed by atoms with van der Waals surface area (Å²) in [6.45, 7) is 0. The maximum Gasteiger partial charge on any atom is 0.251 e. The number of hydrogen-bond acceptors (Lipinski definition) is 3. The lowest BCUT2D eigenvalue weighted by atomic mass is 10.0. The second-order valence-electron chi connectivity index (χ2n) is 4.86. The Hall–Kier alpha value is -2.04. The summed E-state index contributed by atoms with van der Waals surface area (Å²) < 4.78 is 12.9. The SMILES string of the molecule is O=c1cc(C2CCCC2)nc(-c2ccc(F)cn2)[nH]1. The molecule has 98 valence electrons. The summed E-state index contributed by atoms with van der Waals surface area (Å²) in [6.07, 6.45) is 5.64. The second kappa shape index (κ2) is 4.91. The average molecular weight is 259 g/mol. The van der Waals surface area contributed by atoms with Crippen molar-refractivity contribution in [1.82, 2.24) is 15.0 Å². The maximum absolute atomic E-state index is 12.9. The van der Waals surface area contributed by atoms with Gasteiger partial charge in [-0.3, -0.25) is 4.79 Å². The normalized spacial score (nSPS) is 15.8. The summed E-state index contributed by atoms with van der Waals surface area (Å²) in [5.74, 6) is 0.369. The zero-order valence-corrected chi connectivity index (χ0v) is 10.4. The topological polar surface area (TPSA) is 58.6 Å². The van der Waals surface area contributed by atoms with Crippen LogP contribution in [0.2, 0.25) is 0 Å². The third-order valence-corrected chi connectivity index (χ3v) is 3.50. The van der Waals surface area contributed by atoms with Gasteiger partial charge in [-0.1, -0.05) is 12.8 Å². The molecule has 1 saturated carbocycles. The summed E-state index contributed by atoms with van der Waals surface area (Å²) in [6, 6.07) is 4.39. The van der Waals surface area contributed by atoms with Crippen molar-refractivity contribution in [2.24, 2.45) is 0 Å². The highest BCUT2D eigenvalue weighted by Crippen LogP contribution is 2.32. The fraction of sp³-hybridized carbons (Fsp3) is 0.357. The first kappa shape index (κ1) is 12.0. The van der Waals surface area contributed by atoms with Crippen LogP contribution in [-0.4, -0.2) is 15.0 Å². The van der Waals surface area contributed by atoms with E-state index in [0.29, 0.717) is 17.4 Å². The van der Waals surface area contributed by atoms with Gasteiger partial charge >= 0.3 is 0 Å². The molecule has 0 atom stereocenters. The van der Waals surface area contributed by atoms with Gasteiger partial charge in [-0.25, -0.2) is 14.4 Å². The highest BCUT2D eigenvalue weighted by Gasteiger charge is 2.19. The molecule has 4 nitrogen and oxygen atoms in total. The molecule has 0 saturated heterocycles. The van der Waals surface area contributed by atoms with E-state index in [2.05, 4.69) is 15.0 Å². The van der Waals surface area contributed by atoms with Crippen LogP contribution in [0.4, 0.5) is 4.39 Å². The zero-order chi connectivity index (χ0) is 13.2. The van der Waals surface area contributed by atoms with E-state index < -0.39 is 5.82 Å². The van der Waals surface area contributed by atoms with E-state index in [0.717, 1.165) is 24.7 Å². The molecule has 0 amide bonds. The molecular weight excluding hydrogens is 245 g/mol. The molecule has 2 heterocycles. The highest BCUT2D eigenvalue weighted by atomic mass is 19.1. The Labute approximate surface area is 109 Å². The number of nitrogens with zero attached hydrogens (tertiary/aromatic N) is 2. The second-order valence-corrected chi connectivity index (χ2v) is 4.86. The summed E-state index contributed by atoms with van der Waals surface area (Å²) in [5, 5.41) is 0. The predicted molar refractivity (Wildman–Crippen MR) is 69.3 cm³/mol. The molecule has 1 fully saturated rings. The Morgan fingerprint density at radius 2 is 2.05 bits per heavy atom. The van der Waals surface area contributed by atoms with Crippen LogP contribution in [0.3, 0.4) is 0 Å². The van der Waals surface area contributed by atoms with E-state index in [1.807, 2.05) is 0 Å². The fourth-order valence-corrected chi connectivity index (χ4v) is 2.54. The van der Waals surface area contributed by atoms with E-state index in [1.54, 1.807) is 6.07 Å². The van der Waals surface area contributed by atoms with Crippen molar-refractivity contribution in [2.45, 2.75) is 31.6 Å². The van der Waals surface area contributed by atoms with Crippen molar-refractivity contribution in [3.8, 4) is 11.5 Å². The minimum atomic E-state index is -0.405. The van der Waals surface area contributed by atoms with Crippen molar-refractivity contribution < 1.29 is 4.39 Å². The van der Waals surface area contributed by atoms with E-state index in [9.17, 15) is 9.18 Å². The third-order valence-electron chi connectivity index (χ3n) is 3.50. The molecule has 0 aliphatic heterocycles. The van der Waals surface area contributed by atoms with Gasteiger partial charge < -0.3 is 4.98 Å². The molecule has 2 aromatic rings. The summed E-state index contributed by atoms with van der Waals surface area (Å²) in [5.41, 5.74) is 1.12. The number of pyridine rings is 1. The Morgan fingerprint density at radius 1 is 1.26 bits per heavy atom. The summed E-state index contributed by atoms with van der Waals surface area (Å²) >= 11 is 0. The number of nitrogens with one attached hydrogen (secondary N) is 1. The van der Waals surface area contributed by atoms with E-state index in [-0.39, 0.29) is 5.56 Å². The maximum atomic E-state index is 12.9. The first-order chi connectivity index (χ1) is 9.22. The van der Waals surface area contributed by atoms with Gasteiger partial charge in [0.15, 0.2) is 5.82 Å². The molecule has 0 bridgehead atoms. The Bertz CT molecular complexity index is 630. The number of halogens is 1. The molecule has 0 aromatic carbocycles. The van der Waals surface area contributed by atoms with Crippen molar-refractivity contribution in [3.05, 3.63) is 46.3 Å². The molecule has 0 spiro atoms. The van der Waals surface area contributed by atoms with Crippen molar-refractivity contribution in [3.63, 3.8) is 0 Å². The van der Waals surface area contributed by atoms with Crippen molar-refractivity contribution >= 4 is 0 Å². The molecule has 1 N–H and O–H groups in total. The van der Waals surface area contributed by atoms with Crippen molar-refractivity contribution in [2.75, 3.05) is 0 Å². The molecule has 0 unspecified atom stereocenters. The van der Waals surface area contributed by atoms with Gasteiger partial charge in [0.25, 0.3) is 5.56 Å². The lowest BCUT2D eigenvalue weighted by Gasteiger charge is -2.09. The number of aromatic nitrogens is 3. The Kier molecular flexibility index (Phi) is 3.11. The van der Waals surface area contributed by atoms with Crippen molar-refractivity contribution in [1.29, 1.82) is 0 Å². The van der Waals surface area contributed by atoms with Crippen LogP contribution in [0.25, 0.3) is 11.5 Å². The largest absolute Gasteiger partial charge is 0.305 e. The van der Waals surface area contributed by atoms with Gasteiger partial charge in [-0.05, 0) is 25.0 Å². The van der Waals surface area contributed by atoms with Gasteiger partial charge in [-0.2, -0.15) is 0 Å². The monoisotopic (exact) mass is 259 g/mol. The first-order valence-corrected chi connectivity index (χ1v) is 6.45. The Morgan fingerprint density at radius 3 is 2.74 bits per heavy atom. The van der Waals surface area contributed by atoms with Crippen LogP contribution >= 0.6 is 0 Å². The van der Waals surface area contributed by atoms with Gasteiger partial charge in [0, 0.05) is 12.0 Å². The molecule has 1 aliphatic rings. The zero-order valence-electron chi connectivity index (χ0n) is 10.4. The summed E-state index contributed by atoms with van der Waals surface area (Å²) in [4.78, 5) is 22.8. The minimum absolute atomic E-state index is 0.182. The predicted octanol–water partition coefficient (Wildman–Crippen LogP) is 2.63. The van der Waals surface area contributed by atoms with Gasteiger partial charge in [0.2, 0.25) is 0 Å². The number of rotatable bonds is 2. The number of H-pyrrole nitrogens is 1. The minimum Gasteiger partial charge on any atom is -0.305 e. The van der Waals surface area contributed by atoms with Crippen LogP contribution in [0, 0.1) is 5.82 Å². The summed E-state index contributed by atoms with van der Waals surface area (Å²) in [7, 11) is 0. The van der Waals surface area contributed by atoms with E-state index in [1.165, 1.54) is 25.0 Å². The van der Waals surface area contributed by atoms with E-state index >= 15 is 0 Å². The Balaban J connectivity index is 2.01.